The highest BCUT2D eigenvalue weighted by Crippen LogP contribution is 2.22. The van der Waals surface area contributed by atoms with Crippen LogP contribution in [-0.4, -0.2) is 51.9 Å². The van der Waals surface area contributed by atoms with Crippen molar-refractivity contribution in [1.82, 2.24) is 30.0 Å². The number of carbonyl (C=O) groups is 1. The summed E-state index contributed by atoms with van der Waals surface area (Å²) in [6, 6.07) is 8.86. The first-order valence-electron chi connectivity index (χ1n) is 10.1. The second kappa shape index (κ2) is 9.20. The van der Waals surface area contributed by atoms with E-state index in [9.17, 15) is 13.2 Å². The molecule has 33 heavy (non-hydrogen) atoms. The van der Waals surface area contributed by atoms with Gasteiger partial charge in [0.25, 0.3) is 5.91 Å². The third-order valence-electron chi connectivity index (χ3n) is 4.88. The van der Waals surface area contributed by atoms with Gasteiger partial charge in [-0.3, -0.25) is 19.2 Å². The van der Waals surface area contributed by atoms with E-state index in [1.165, 1.54) is 12.4 Å². The number of hydrogen-bond donors (Lipinski definition) is 3. The molecule has 0 saturated heterocycles. The van der Waals surface area contributed by atoms with Crippen LogP contribution in [0.25, 0.3) is 10.9 Å². The first kappa shape index (κ1) is 22.1. The molecule has 1 aromatic carbocycles. The fourth-order valence-corrected chi connectivity index (χ4v) is 3.70. The van der Waals surface area contributed by atoms with Crippen LogP contribution in [-0.2, 0) is 16.6 Å². The summed E-state index contributed by atoms with van der Waals surface area (Å²) in [5.74, 6) is 0.530. The summed E-state index contributed by atoms with van der Waals surface area (Å²) in [4.78, 5) is 24.5. The van der Waals surface area contributed by atoms with Gasteiger partial charge in [-0.1, -0.05) is 0 Å². The first-order chi connectivity index (χ1) is 15.9. The Morgan fingerprint density at radius 2 is 1.82 bits per heavy atom. The molecule has 1 amide bonds. The zero-order chi connectivity index (χ0) is 23.4. The van der Waals surface area contributed by atoms with Gasteiger partial charge in [-0.2, -0.15) is 5.10 Å². The van der Waals surface area contributed by atoms with Gasteiger partial charge in [0.05, 0.1) is 24.0 Å². The lowest BCUT2D eigenvalue weighted by Gasteiger charge is -2.11. The number of anilines is 3. The molecular formula is C21H22N8O3S. The van der Waals surface area contributed by atoms with Crippen molar-refractivity contribution >= 4 is 44.2 Å². The minimum atomic E-state index is -3.50. The highest BCUT2D eigenvalue weighted by Gasteiger charge is 2.15. The van der Waals surface area contributed by atoms with Gasteiger partial charge in [-0.15, -0.1) is 0 Å². The van der Waals surface area contributed by atoms with E-state index in [2.05, 4.69) is 35.4 Å². The zero-order valence-electron chi connectivity index (χ0n) is 18.0. The molecule has 0 spiro atoms. The first-order valence-corrected chi connectivity index (χ1v) is 11.7. The molecule has 0 atom stereocenters. The molecule has 0 aliphatic carbocycles. The fourth-order valence-electron chi connectivity index (χ4n) is 3.09. The lowest BCUT2D eigenvalue weighted by Crippen LogP contribution is -2.18. The van der Waals surface area contributed by atoms with Crippen LogP contribution in [0.5, 0.6) is 0 Å². The predicted octanol–water partition coefficient (Wildman–Crippen LogP) is 2.13. The second-order valence-electron chi connectivity index (χ2n) is 7.07. The average molecular weight is 467 g/mol. The number of hydrogen-bond acceptors (Lipinski definition) is 8. The van der Waals surface area contributed by atoms with Gasteiger partial charge in [0.1, 0.15) is 11.5 Å². The molecule has 0 saturated carbocycles. The molecule has 3 N–H and O–H groups in total. The Hall–Kier alpha value is -4.06. The van der Waals surface area contributed by atoms with E-state index in [0.29, 0.717) is 17.1 Å². The Balaban J connectivity index is 1.59. The van der Waals surface area contributed by atoms with Gasteiger partial charge < -0.3 is 10.6 Å². The summed E-state index contributed by atoms with van der Waals surface area (Å²) in [5, 5.41) is 11.0. The standard InChI is InChI=1S/C21H22N8O3S/c1-3-33(31,32)28-20-17(23-8-9-24-20)13-29-18-10-19(25-11-15(18)12-26-29)27-16-6-4-14(5-7-16)21(30)22-2/h4-12H,3,13H2,1-2H3,(H,22,30)(H,24,28)(H,25,27). The van der Waals surface area contributed by atoms with E-state index >= 15 is 0 Å². The van der Waals surface area contributed by atoms with Gasteiger partial charge in [-0.25, -0.2) is 18.4 Å². The Labute approximate surface area is 190 Å². The van der Waals surface area contributed by atoms with Crippen LogP contribution in [0.1, 0.15) is 23.0 Å². The lowest BCUT2D eigenvalue weighted by molar-refractivity contribution is 0.0963. The van der Waals surface area contributed by atoms with Crippen LogP contribution in [0.2, 0.25) is 0 Å². The van der Waals surface area contributed by atoms with Crippen LogP contribution in [0.15, 0.2) is 55.1 Å². The van der Waals surface area contributed by atoms with Crippen molar-refractivity contribution in [3.63, 3.8) is 0 Å². The van der Waals surface area contributed by atoms with Gasteiger partial charge >= 0.3 is 0 Å². The second-order valence-corrected chi connectivity index (χ2v) is 9.08. The van der Waals surface area contributed by atoms with Crippen molar-refractivity contribution < 1.29 is 13.2 Å². The molecule has 12 heteroatoms. The van der Waals surface area contributed by atoms with E-state index in [1.807, 2.05) is 6.07 Å². The van der Waals surface area contributed by atoms with Crippen LogP contribution in [0, 0.1) is 0 Å². The Morgan fingerprint density at radius 3 is 2.55 bits per heavy atom. The third kappa shape index (κ3) is 5.06. The number of sulfonamides is 1. The molecular weight excluding hydrogens is 444 g/mol. The minimum Gasteiger partial charge on any atom is -0.355 e. The van der Waals surface area contributed by atoms with E-state index in [-0.39, 0.29) is 24.0 Å². The number of benzene rings is 1. The van der Waals surface area contributed by atoms with Gasteiger partial charge in [-0.05, 0) is 31.2 Å². The summed E-state index contributed by atoms with van der Waals surface area (Å²) in [6.07, 6.45) is 6.30. The summed E-state index contributed by atoms with van der Waals surface area (Å²) in [5.41, 5.74) is 2.55. The Morgan fingerprint density at radius 1 is 1.06 bits per heavy atom. The highest BCUT2D eigenvalue weighted by atomic mass is 32.2. The van der Waals surface area contributed by atoms with Crippen molar-refractivity contribution in [2.45, 2.75) is 13.5 Å². The van der Waals surface area contributed by atoms with E-state index in [1.54, 1.807) is 55.3 Å². The number of nitrogens with zero attached hydrogens (tertiary/aromatic N) is 5. The number of pyridine rings is 1. The van der Waals surface area contributed by atoms with Crippen molar-refractivity contribution in [2.75, 3.05) is 22.8 Å². The quantitative estimate of drug-likeness (QED) is 0.358. The molecule has 0 fully saturated rings. The Bertz CT molecular complexity index is 1400. The molecule has 3 aromatic heterocycles. The third-order valence-corrected chi connectivity index (χ3v) is 6.14. The smallest absolute Gasteiger partial charge is 0.251 e. The van der Waals surface area contributed by atoms with Crippen molar-refractivity contribution in [3.05, 3.63) is 66.4 Å². The van der Waals surface area contributed by atoms with Crippen LogP contribution in [0.3, 0.4) is 0 Å². The summed E-state index contributed by atoms with van der Waals surface area (Å²) in [6.45, 7) is 1.76. The number of amides is 1. The molecule has 0 radical (unpaired) electrons. The van der Waals surface area contributed by atoms with Gasteiger partial charge in [0, 0.05) is 48.3 Å². The molecule has 0 bridgehead atoms. The molecule has 11 nitrogen and oxygen atoms in total. The van der Waals surface area contributed by atoms with E-state index in [0.717, 1.165) is 16.6 Å². The molecule has 4 rings (SSSR count). The van der Waals surface area contributed by atoms with Gasteiger partial charge in [0.15, 0.2) is 5.82 Å². The molecule has 170 valence electrons. The van der Waals surface area contributed by atoms with Crippen molar-refractivity contribution in [3.8, 4) is 0 Å². The zero-order valence-corrected chi connectivity index (χ0v) is 18.8. The lowest BCUT2D eigenvalue weighted by atomic mass is 10.2. The molecule has 3 heterocycles. The van der Waals surface area contributed by atoms with Crippen molar-refractivity contribution in [1.29, 1.82) is 0 Å². The molecule has 0 unspecified atom stereocenters. The maximum Gasteiger partial charge on any atom is 0.251 e. The maximum absolute atomic E-state index is 12.0. The maximum atomic E-state index is 12.0. The molecule has 0 aliphatic heterocycles. The van der Waals surface area contributed by atoms with Crippen molar-refractivity contribution in [2.24, 2.45) is 0 Å². The number of nitrogens with one attached hydrogen (secondary N) is 3. The normalized spacial score (nSPS) is 11.3. The van der Waals surface area contributed by atoms with Crippen LogP contribution in [0.4, 0.5) is 17.3 Å². The number of aromatic nitrogens is 5. The van der Waals surface area contributed by atoms with E-state index in [4.69, 9.17) is 0 Å². The molecule has 4 aromatic rings. The minimum absolute atomic E-state index is 0.0709. The average Bonchev–Trinajstić information content (AvgIpc) is 3.22. The summed E-state index contributed by atoms with van der Waals surface area (Å²) >= 11 is 0. The highest BCUT2D eigenvalue weighted by molar-refractivity contribution is 7.92. The topological polar surface area (TPSA) is 144 Å². The summed E-state index contributed by atoms with van der Waals surface area (Å²) in [7, 11) is -1.91. The molecule has 0 aliphatic rings. The predicted molar refractivity (Wildman–Crippen MR) is 125 cm³/mol. The monoisotopic (exact) mass is 466 g/mol. The SMILES string of the molecule is CCS(=O)(=O)Nc1nccnc1Cn1ncc2cnc(Nc3ccc(C(=O)NC)cc3)cc21. The van der Waals surface area contributed by atoms with Crippen LogP contribution >= 0.6 is 0 Å². The van der Waals surface area contributed by atoms with E-state index < -0.39 is 10.0 Å². The fraction of sp³-hybridized carbons (Fsp3) is 0.190. The number of carbonyl (C=O) groups excluding carboxylic acids is 1. The number of fused-ring (bicyclic) bond motifs is 1. The van der Waals surface area contributed by atoms with Gasteiger partial charge in [0.2, 0.25) is 10.0 Å². The number of rotatable bonds is 8. The Kier molecular flexibility index (Phi) is 6.18. The summed E-state index contributed by atoms with van der Waals surface area (Å²) < 4.78 is 28.1. The largest absolute Gasteiger partial charge is 0.355 e. The van der Waals surface area contributed by atoms with Crippen LogP contribution < -0.4 is 15.4 Å².